The van der Waals surface area contributed by atoms with Gasteiger partial charge in [0.05, 0.1) is 23.2 Å². The van der Waals surface area contributed by atoms with Crippen LogP contribution < -0.4 is 5.32 Å². The number of benzene rings is 1. The number of hydrogen-bond acceptors (Lipinski definition) is 6. The van der Waals surface area contributed by atoms with Crippen LogP contribution in [-0.4, -0.2) is 78.8 Å². The first-order chi connectivity index (χ1) is 23.0. The SMILES string of the molecule is C[C@@H](O)[C@@H]1CC[C@]2(NCCN3CCS(=O)(=O)CC3)CC[C@]3(C)[C@H](CC[C@@H]4[C@@]5(C)CC=C(c6ccc(C(=O)O)cc6)C(C)(C)[C@@H]5CC[C@]43C)[C@@H]12. The van der Waals surface area contributed by atoms with E-state index in [0.29, 0.717) is 48.2 Å². The van der Waals surface area contributed by atoms with Crippen LogP contribution in [0.25, 0.3) is 5.57 Å². The fourth-order valence-electron chi connectivity index (χ4n) is 13.8. The van der Waals surface area contributed by atoms with Gasteiger partial charge in [0.1, 0.15) is 0 Å². The van der Waals surface area contributed by atoms with Gasteiger partial charge in [-0.05, 0) is 139 Å². The lowest BCUT2D eigenvalue weighted by atomic mass is 9.33. The van der Waals surface area contributed by atoms with Gasteiger partial charge in [0.2, 0.25) is 0 Å². The molecule has 49 heavy (non-hydrogen) atoms. The van der Waals surface area contributed by atoms with Crippen LogP contribution in [0.4, 0.5) is 0 Å². The van der Waals surface area contributed by atoms with Crippen molar-refractivity contribution >= 4 is 21.4 Å². The molecular weight excluding hydrogens is 633 g/mol. The van der Waals surface area contributed by atoms with E-state index in [4.69, 9.17) is 0 Å². The Hall–Kier alpha value is -1.74. The third-order valence-electron chi connectivity index (χ3n) is 16.5. The largest absolute Gasteiger partial charge is 0.478 e. The maximum absolute atomic E-state index is 12.0. The molecule has 1 saturated heterocycles. The number of aliphatic hydroxyl groups is 1. The Labute approximate surface area is 295 Å². The van der Waals surface area contributed by atoms with Crippen molar-refractivity contribution in [2.24, 2.45) is 51.2 Å². The minimum atomic E-state index is -2.88. The number of nitrogens with one attached hydrogen (secondary N) is 1. The van der Waals surface area contributed by atoms with Crippen molar-refractivity contribution in [1.29, 1.82) is 0 Å². The summed E-state index contributed by atoms with van der Waals surface area (Å²) in [6.07, 6.45) is 12.8. The molecule has 7 rings (SSSR count). The van der Waals surface area contributed by atoms with Gasteiger partial charge >= 0.3 is 5.97 Å². The van der Waals surface area contributed by atoms with E-state index >= 15 is 0 Å². The summed E-state index contributed by atoms with van der Waals surface area (Å²) in [5.74, 6) is 2.22. The number of carboxylic acid groups (broad SMARTS) is 1. The van der Waals surface area contributed by atoms with Crippen LogP contribution in [0.2, 0.25) is 0 Å². The molecule has 6 aliphatic rings. The fraction of sp³-hybridized carbons (Fsp3) is 0.780. The highest BCUT2D eigenvalue weighted by Crippen LogP contribution is 2.76. The molecule has 5 aliphatic carbocycles. The van der Waals surface area contributed by atoms with Crippen molar-refractivity contribution < 1.29 is 23.4 Å². The average molecular weight is 695 g/mol. The molecule has 10 atom stereocenters. The van der Waals surface area contributed by atoms with Crippen molar-refractivity contribution in [3.63, 3.8) is 0 Å². The van der Waals surface area contributed by atoms with Gasteiger partial charge in [0.15, 0.2) is 9.84 Å². The monoisotopic (exact) mass is 694 g/mol. The molecule has 0 amide bonds. The number of rotatable bonds is 7. The highest BCUT2D eigenvalue weighted by Gasteiger charge is 2.70. The van der Waals surface area contributed by atoms with Crippen LogP contribution in [-0.2, 0) is 9.84 Å². The van der Waals surface area contributed by atoms with E-state index in [2.05, 4.69) is 50.9 Å². The normalized spacial score (nSPS) is 43.3. The molecule has 0 bridgehead atoms. The number of fused-ring (bicyclic) bond motifs is 7. The zero-order chi connectivity index (χ0) is 35.2. The fourth-order valence-corrected chi connectivity index (χ4v) is 15.1. The molecule has 7 nitrogen and oxygen atoms in total. The topological polar surface area (TPSA) is 107 Å². The summed E-state index contributed by atoms with van der Waals surface area (Å²) in [6, 6.07) is 7.53. The second kappa shape index (κ2) is 12.2. The lowest BCUT2D eigenvalue weighted by molar-refractivity contribution is -0.222. The zero-order valence-electron chi connectivity index (χ0n) is 30.9. The Balaban J connectivity index is 1.14. The van der Waals surface area contributed by atoms with Gasteiger partial charge < -0.3 is 20.4 Å². The van der Waals surface area contributed by atoms with Crippen molar-refractivity contribution in [2.45, 2.75) is 111 Å². The third-order valence-corrected chi connectivity index (χ3v) is 18.1. The van der Waals surface area contributed by atoms with E-state index in [0.717, 1.165) is 44.3 Å². The highest BCUT2D eigenvalue weighted by atomic mass is 32.2. The predicted octanol–water partition coefficient (Wildman–Crippen LogP) is 6.91. The molecular formula is C41H62N2O5S. The quantitative estimate of drug-likeness (QED) is 0.285. The van der Waals surface area contributed by atoms with E-state index in [-0.39, 0.29) is 44.8 Å². The Morgan fingerprint density at radius 1 is 0.918 bits per heavy atom. The molecule has 5 fully saturated rings. The molecule has 1 aliphatic heterocycles. The van der Waals surface area contributed by atoms with Crippen LogP contribution in [0.3, 0.4) is 0 Å². The number of nitrogens with zero attached hydrogens (tertiary/aromatic N) is 1. The van der Waals surface area contributed by atoms with Gasteiger partial charge in [-0.3, -0.25) is 0 Å². The highest BCUT2D eigenvalue weighted by molar-refractivity contribution is 7.91. The number of aromatic carboxylic acids is 1. The first-order valence-corrected chi connectivity index (χ1v) is 21.2. The molecule has 8 heteroatoms. The van der Waals surface area contributed by atoms with Crippen LogP contribution in [0, 0.1) is 51.2 Å². The van der Waals surface area contributed by atoms with Gasteiger partial charge in [-0.25, -0.2) is 13.2 Å². The van der Waals surface area contributed by atoms with Crippen molar-refractivity contribution in [3.8, 4) is 0 Å². The van der Waals surface area contributed by atoms with Gasteiger partial charge in [-0.1, -0.05) is 52.8 Å². The number of carbonyl (C=O) groups is 1. The summed E-state index contributed by atoms with van der Waals surface area (Å²) >= 11 is 0. The molecule has 1 heterocycles. The number of aliphatic hydroxyl groups excluding tert-OH is 1. The summed E-state index contributed by atoms with van der Waals surface area (Å²) in [5, 5.41) is 24.8. The van der Waals surface area contributed by atoms with Crippen LogP contribution in [0.15, 0.2) is 30.3 Å². The third kappa shape index (κ3) is 5.51. The van der Waals surface area contributed by atoms with Gasteiger partial charge in [0.25, 0.3) is 0 Å². The number of sulfone groups is 1. The first-order valence-electron chi connectivity index (χ1n) is 19.4. The van der Waals surface area contributed by atoms with Crippen molar-refractivity contribution in [1.82, 2.24) is 10.2 Å². The standard InChI is InChI=1S/C41H62N2O5S/c1-27(44)30-13-18-41(42-21-22-43-23-25-49(47,48)26-24-43)20-19-39(5)32(35(30)41)11-12-34-38(4)16-14-31(28-7-9-29(10-8-28)36(45)46)37(2,3)33(38)15-17-40(34,39)6/h7-10,14,27,30,32-35,42,44H,11-13,15-26H2,1-6H3,(H,45,46)/t27-,30+,32-,33+,34-,35-,38+,39-,40-,41+/m1/s1. The molecule has 3 N–H and O–H groups in total. The molecule has 0 radical (unpaired) electrons. The van der Waals surface area contributed by atoms with Crippen molar-refractivity contribution in [2.75, 3.05) is 37.7 Å². The second-order valence-electron chi connectivity index (χ2n) is 18.6. The zero-order valence-corrected chi connectivity index (χ0v) is 31.7. The van der Waals surface area contributed by atoms with Crippen LogP contribution >= 0.6 is 0 Å². The molecule has 1 aromatic carbocycles. The molecule has 1 aromatic rings. The minimum absolute atomic E-state index is 0.0100. The predicted molar refractivity (Wildman–Crippen MR) is 196 cm³/mol. The van der Waals surface area contributed by atoms with E-state index in [1.807, 2.05) is 19.1 Å². The maximum Gasteiger partial charge on any atom is 0.335 e. The summed E-state index contributed by atoms with van der Waals surface area (Å²) in [6.45, 7) is 17.9. The van der Waals surface area contributed by atoms with Gasteiger partial charge in [0, 0.05) is 31.7 Å². The number of hydrogen-bond donors (Lipinski definition) is 3. The summed E-state index contributed by atoms with van der Waals surface area (Å²) in [4.78, 5) is 13.9. The van der Waals surface area contributed by atoms with Crippen LogP contribution in [0.1, 0.15) is 115 Å². The van der Waals surface area contributed by atoms with Gasteiger partial charge in [-0.2, -0.15) is 0 Å². The Kier molecular flexibility index (Phi) is 8.85. The average Bonchev–Trinajstić information content (AvgIpc) is 3.42. The Bertz CT molecular complexity index is 1570. The first kappa shape index (κ1) is 35.7. The number of allylic oxidation sites excluding steroid dienone is 2. The van der Waals surface area contributed by atoms with E-state index in [1.165, 1.54) is 37.7 Å². The molecule has 272 valence electrons. The van der Waals surface area contributed by atoms with Gasteiger partial charge in [-0.15, -0.1) is 0 Å². The molecule has 0 unspecified atom stereocenters. The second-order valence-corrected chi connectivity index (χ2v) is 20.9. The summed E-state index contributed by atoms with van der Waals surface area (Å²) in [7, 11) is -2.88. The lowest BCUT2D eigenvalue weighted by Crippen LogP contribution is -2.68. The maximum atomic E-state index is 12.0. The Morgan fingerprint density at radius 2 is 1.61 bits per heavy atom. The molecule has 0 spiro atoms. The van der Waals surface area contributed by atoms with Crippen LogP contribution in [0.5, 0.6) is 0 Å². The molecule has 0 aromatic heterocycles. The summed E-state index contributed by atoms with van der Waals surface area (Å²) in [5.41, 5.74) is 3.55. The molecule has 4 saturated carbocycles. The van der Waals surface area contributed by atoms with E-state index < -0.39 is 15.8 Å². The lowest BCUT2D eigenvalue weighted by Gasteiger charge is -2.72. The Morgan fingerprint density at radius 3 is 2.27 bits per heavy atom. The summed E-state index contributed by atoms with van der Waals surface area (Å²) < 4.78 is 24.0. The minimum Gasteiger partial charge on any atom is -0.478 e. The number of carboxylic acids is 1. The van der Waals surface area contributed by atoms with E-state index in [1.54, 1.807) is 12.1 Å². The smallest absolute Gasteiger partial charge is 0.335 e. The van der Waals surface area contributed by atoms with E-state index in [9.17, 15) is 23.4 Å². The van der Waals surface area contributed by atoms with Crippen molar-refractivity contribution in [3.05, 3.63) is 41.5 Å².